The Balaban J connectivity index is 0.000000223. The summed E-state index contributed by atoms with van der Waals surface area (Å²) < 4.78 is 73.2. The van der Waals surface area contributed by atoms with Gasteiger partial charge in [0.25, 0.3) is 0 Å². The molecule has 0 fully saturated rings. The van der Waals surface area contributed by atoms with Crippen molar-refractivity contribution in [2.75, 3.05) is 0 Å². The molecule has 4 heterocycles. The Bertz CT molecular complexity index is 4050. The second kappa shape index (κ2) is 17.6. The van der Waals surface area contributed by atoms with Crippen molar-refractivity contribution in [1.29, 1.82) is 0 Å². The molecule has 7 heteroatoms. The summed E-state index contributed by atoms with van der Waals surface area (Å²) in [4.78, 5) is 14.6. The summed E-state index contributed by atoms with van der Waals surface area (Å²) in [5.74, 6) is 7.11. The van der Waals surface area contributed by atoms with Gasteiger partial charge < -0.3 is 8.98 Å². The monoisotopic (exact) mass is 1130 g/mol. The zero-order valence-electron chi connectivity index (χ0n) is 46.5. The van der Waals surface area contributed by atoms with E-state index in [4.69, 9.17) is 25.4 Å². The standard InChI is InChI=1S/C45H32N3O.C16H20GeN.Ir/c1-27-24-36-32-16-9-10-19-37(32)45(2,3)38(36)26-40(27)48-39-23-20-29-14-7-8-15-31(29)41(39)47-43(48)35-18-11-17-33-34-22-21-30(46-44(34)49-42(33)35)25-28-12-5-4-6-13-28;1-12-6-8-14(9-7-12)16-10-13(2)15(11-18-16)17(3,4)5;/h4-17,19-24,26H,25H2,1-3H3;6-8,10-11H,1-5H3;/q2*-1;/i25D2;1D3,2D3;. The van der Waals surface area contributed by atoms with Crippen LogP contribution in [-0.2, 0) is 31.9 Å². The van der Waals surface area contributed by atoms with Crippen LogP contribution in [0.3, 0.4) is 0 Å². The molecule has 11 aromatic rings. The van der Waals surface area contributed by atoms with Crippen molar-refractivity contribution in [1.82, 2.24) is 19.5 Å². The number of imidazole rings is 1. The number of rotatable bonds is 6. The van der Waals surface area contributed by atoms with E-state index >= 15 is 0 Å². The van der Waals surface area contributed by atoms with Crippen LogP contribution in [0.1, 0.15) is 63.9 Å². The molecule has 0 N–H and O–H groups in total. The van der Waals surface area contributed by atoms with Crippen LogP contribution < -0.4 is 4.40 Å². The molecule has 0 atom stereocenters. The first-order chi connectivity index (χ1) is 35.5. The molecule has 1 aliphatic rings. The minimum Gasteiger partial charge on any atom is -0.486 e. The molecule has 0 unspecified atom stereocenters. The Morgan fingerprint density at radius 2 is 1.54 bits per heavy atom. The quantitative estimate of drug-likeness (QED) is 0.123. The van der Waals surface area contributed by atoms with E-state index in [2.05, 4.69) is 133 Å². The number of fused-ring (bicyclic) bond motifs is 9. The minimum absolute atomic E-state index is 0. The van der Waals surface area contributed by atoms with E-state index in [0.29, 0.717) is 39.4 Å². The second-order valence-corrected chi connectivity index (χ2v) is 29.4. The molecule has 5 nitrogen and oxygen atoms in total. The molecule has 0 spiro atoms. The fourth-order valence-electron chi connectivity index (χ4n) is 9.62. The topological polar surface area (TPSA) is 56.7 Å². The number of aryl methyl sites for hydroxylation is 3. The molecule has 1 aliphatic carbocycles. The summed E-state index contributed by atoms with van der Waals surface area (Å²) in [5.41, 5.74) is 13.3. The van der Waals surface area contributed by atoms with Gasteiger partial charge in [0, 0.05) is 56.8 Å². The predicted octanol–water partition coefficient (Wildman–Crippen LogP) is 14.9. The van der Waals surface area contributed by atoms with Crippen LogP contribution >= 0.6 is 0 Å². The maximum absolute atomic E-state index is 8.93. The molecule has 0 aliphatic heterocycles. The molecule has 0 saturated carbocycles. The first-order valence-electron chi connectivity index (χ1n) is 26.5. The van der Waals surface area contributed by atoms with Crippen molar-refractivity contribution in [3.63, 3.8) is 0 Å². The fraction of sp³-hybridized carbons (Fsp3) is 0.164. The summed E-state index contributed by atoms with van der Waals surface area (Å²) in [7, 11) is 0. The smallest absolute Gasteiger partial charge is 0.216 e. The normalized spacial score (nSPS) is 15.1. The number of pyridine rings is 2. The molecule has 0 saturated heterocycles. The third kappa shape index (κ3) is 7.92. The van der Waals surface area contributed by atoms with Gasteiger partial charge >= 0.3 is 121 Å². The van der Waals surface area contributed by atoms with E-state index < -0.39 is 33.3 Å². The Hall–Kier alpha value is -6.44. The number of nitrogens with zero attached hydrogens (tertiary/aromatic N) is 4. The van der Waals surface area contributed by atoms with Crippen molar-refractivity contribution in [3.05, 3.63) is 209 Å². The van der Waals surface area contributed by atoms with E-state index in [-0.39, 0.29) is 31.1 Å². The van der Waals surface area contributed by atoms with Crippen LogP contribution in [0.2, 0.25) is 17.3 Å². The Kier molecular flexibility index (Phi) is 9.46. The van der Waals surface area contributed by atoms with E-state index in [1.165, 1.54) is 34.4 Å². The third-order valence-corrected chi connectivity index (χ3v) is 17.3. The summed E-state index contributed by atoms with van der Waals surface area (Å²) >= 11 is -2.38. The maximum Gasteiger partial charge on any atom is 0.216 e. The van der Waals surface area contributed by atoms with E-state index in [1.807, 2.05) is 36.4 Å². The number of hydrogen-bond donors (Lipinski definition) is 0. The molecule has 0 bridgehead atoms. The van der Waals surface area contributed by atoms with Gasteiger partial charge in [0.15, 0.2) is 0 Å². The van der Waals surface area contributed by atoms with Gasteiger partial charge in [-0.3, -0.25) is 4.98 Å². The van der Waals surface area contributed by atoms with Crippen LogP contribution in [0.15, 0.2) is 162 Å². The van der Waals surface area contributed by atoms with Gasteiger partial charge in [-0.05, 0) is 76.0 Å². The molecule has 1 radical (unpaired) electrons. The van der Waals surface area contributed by atoms with Gasteiger partial charge in [-0.1, -0.05) is 110 Å². The van der Waals surface area contributed by atoms with E-state index in [1.54, 1.807) is 36.5 Å². The Labute approximate surface area is 426 Å². The predicted molar refractivity (Wildman–Crippen MR) is 280 cm³/mol. The Morgan fingerprint density at radius 1 is 0.735 bits per heavy atom. The summed E-state index contributed by atoms with van der Waals surface area (Å²) in [6.45, 7) is 2.40. The average Bonchev–Trinajstić information content (AvgIpc) is 4.04. The van der Waals surface area contributed by atoms with E-state index in [0.717, 1.165) is 59.6 Å². The molecular formula is C61H52GeIrN4O-2. The van der Waals surface area contributed by atoms with Crippen LogP contribution in [-0.4, -0.2) is 32.8 Å². The number of hydrogen-bond acceptors (Lipinski definition) is 4. The number of benzene rings is 7. The number of aromatic nitrogens is 4. The van der Waals surface area contributed by atoms with Gasteiger partial charge in [0.05, 0.1) is 22.4 Å². The molecule has 0 amide bonds. The van der Waals surface area contributed by atoms with Crippen LogP contribution in [0.25, 0.3) is 83.3 Å². The summed E-state index contributed by atoms with van der Waals surface area (Å²) in [6.07, 6.45) is -0.126. The molecular weight excluding hydrogens is 1070 g/mol. The van der Waals surface area contributed by atoms with Crippen molar-refractivity contribution in [2.24, 2.45) is 0 Å². The maximum atomic E-state index is 8.93. The van der Waals surface area contributed by atoms with Gasteiger partial charge in [-0.25, -0.2) is 4.98 Å². The molecule has 68 heavy (non-hydrogen) atoms. The van der Waals surface area contributed by atoms with Crippen LogP contribution in [0.4, 0.5) is 0 Å². The number of furan rings is 1. The SMILES string of the molecule is [2H]C([2H])([2H])c1c[c-]c(-c2cc(C([2H])([2H])[2H])[c]([Ge]([CH3])([CH3])[CH3])cn2)cc1.[2H]C([2H])(c1ccccc1)c1ccc2c(n1)oc1c(-c3nc4c5ccccc5ccc4n3-c3cc4c(cc3C)-c3ccccc3C4(C)C)[c-]ccc12.[Ir]. The van der Waals surface area contributed by atoms with E-state index in [9.17, 15) is 0 Å². The second-order valence-electron chi connectivity index (χ2n) is 18.9. The fourth-order valence-corrected chi connectivity index (χ4v) is 12.4. The first kappa shape index (κ1) is 36.6. The molecule has 337 valence electrons. The molecule has 7 aromatic carbocycles. The van der Waals surface area contributed by atoms with Gasteiger partial charge in [0.1, 0.15) is 0 Å². The average molecular weight is 1130 g/mol. The third-order valence-electron chi connectivity index (χ3n) is 13.1. The van der Waals surface area contributed by atoms with Gasteiger partial charge in [0.2, 0.25) is 5.71 Å². The van der Waals surface area contributed by atoms with Gasteiger partial charge in [-0.15, -0.1) is 18.2 Å². The van der Waals surface area contributed by atoms with Crippen molar-refractivity contribution in [2.45, 2.75) is 63.5 Å². The summed E-state index contributed by atoms with van der Waals surface area (Å²) in [6, 6.07) is 55.3. The van der Waals surface area contributed by atoms with Crippen LogP contribution in [0, 0.1) is 32.8 Å². The van der Waals surface area contributed by atoms with Crippen LogP contribution in [0.5, 0.6) is 0 Å². The van der Waals surface area contributed by atoms with Crippen molar-refractivity contribution in [3.8, 4) is 39.5 Å². The van der Waals surface area contributed by atoms with Gasteiger partial charge in [-0.2, -0.15) is 0 Å². The first-order valence-corrected chi connectivity index (χ1v) is 29.9. The van der Waals surface area contributed by atoms with Crippen molar-refractivity contribution < 1.29 is 35.5 Å². The molecule has 4 aromatic heterocycles. The van der Waals surface area contributed by atoms with Crippen molar-refractivity contribution >= 4 is 61.5 Å². The zero-order valence-corrected chi connectivity index (χ0v) is 43.0. The largest absolute Gasteiger partial charge is 0.486 e. The Morgan fingerprint density at radius 3 is 2.34 bits per heavy atom. The summed E-state index contributed by atoms with van der Waals surface area (Å²) in [5, 5.41) is 3.89. The minimum atomic E-state index is -2.38. The zero-order chi connectivity index (χ0) is 53.0. The molecule has 12 rings (SSSR count).